The smallest absolute Gasteiger partial charge is 0.264 e. The molecule has 0 unspecified atom stereocenters. The molecule has 2 rings (SSSR count). The van der Waals surface area contributed by atoms with E-state index < -0.39 is 0 Å². The molecule has 0 saturated heterocycles. The van der Waals surface area contributed by atoms with E-state index in [0.717, 1.165) is 11.3 Å². The summed E-state index contributed by atoms with van der Waals surface area (Å²) in [6, 6.07) is 16.9. The highest BCUT2D eigenvalue weighted by Crippen LogP contribution is 2.15. The Morgan fingerprint density at radius 3 is 2.60 bits per heavy atom. The van der Waals surface area contributed by atoms with E-state index in [-0.39, 0.29) is 12.5 Å². The molecule has 0 saturated carbocycles. The van der Waals surface area contributed by atoms with E-state index in [4.69, 9.17) is 10.5 Å². The fourth-order valence-electron chi connectivity index (χ4n) is 1.79. The lowest BCUT2D eigenvalue weighted by Crippen LogP contribution is -2.31. The molecule has 2 aromatic carbocycles. The van der Waals surface area contributed by atoms with Crippen LogP contribution in [0.3, 0.4) is 0 Å². The van der Waals surface area contributed by atoms with E-state index in [0.29, 0.717) is 12.3 Å². The number of amides is 1. The standard InChI is InChI=1S/C16H18N2O2/c1-18(14-7-5-6-13(10-14)11-17)16(19)12-20-15-8-3-2-4-9-15/h2-10H,11-12,17H2,1H3. The van der Waals surface area contributed by atoms with Crippen molar-refractivity contribution in [2.75, 3.05) is 18.6 Å². The highest BCUT2D eigenvalue weighted by Gasteiger charge is 2.11. The van der Waals surface area contributed by atoms with E-state index in [1.807, 2.05) is 54.6 Å². The van der Waals surface area contributed by atoms with Crippen LogP contribution in [0.5, 0.6) is 5.75 Å². The minimum atomic E-state index is -0.108. The quantitative estimate of drug-likeness (QED) is 0.906. The Bertz CT molecular complexity index is 570. The van der Waals surface area contributed by atoms with Crippen LogP contribution in [0.1, 0.15) is 5.56 Å². The zero-order valence-electron chi connectivity index (χ0n) is 11.5. The summed E-state index contributed by atoms with van der Waals surface area (Å²) >= 11 is 0. The maximum Gasteiger partial charge on any atom is 0.264 e. The first-order chi connectivity index (χ1) is 9.70. The van der Waals surface area contributed by atoms with Crippen LogP contribution in [-0.2, 0) is 11.3 Å². The summed E-state index contributed by atoms with van der Waals surface area (Å²) in [6.07, 6.45) is 0. The second kappa shape index (κ2) is 6.73. The van der Waals surface area contributed by atoms with Gasteiger partial charge in [-0.1, -0.05) is 30.3 Å². The molecule has 0 aliphatic carbocycles. The Morgan fingerprint density at radius 1 is 1.15 bits per heavy atom. The number of anilines is 1. The van der Waals surface area contributed by atoms with Gasteiger partial charge < -0.3 is 15.4 Å². The van der Waals surface area contributed by atoms with Crippen LogP contribution in [0.4, 0.5) is 5.69 Å². The van der Waals surface area contributed by atoms with Crippen molar-refractivity contribution >= 4 is 11.6 Å². The summed E-state index contributed by atoms with van der Waals surface area (Å²) in [5, 5.41) is 0. The summed E-state index contributed by atoms with van der Waals surface area (Å²) in [6.45, 7) is 0.462. The lowest BCUT2D eigenvalue weighted by Gasteiger charge is -2.18. The number of carbonyl (C=O) groups is 1. The molecule has 0 bridgehead atoms. The average molecular weight is 270 g/mol. The highest BCUT2D eigenvalue weighted by atomic mass is 16.5. The number of carbonyl (C=O) groups excluding carboxylic acids is 1. The third-order valence-corrected chi connectivity index (χ3v) is 3.01. The highest BCUT2D eigenvalue weighted by molar-refractivity contribution is 5.93. The summed E-state index contributed by atoms with van der Waals surface area (Å²) in [7, 11) is 1.73. The number of benzene rings is 2. The van der Waals surface area contributed by atoms with Crippen molar-refractivity contribution in [2.24, 2.45) is 5.73 Å². The van der Waals surface area contributed by atoms with Gasteiger partial charge in [-0.25, -0.2) is 0 Å². The maximum atomic E-state index is 12.1. The van der Waals surface area contributed by atoms with Gasteiger partial charge in [0.25, 0.3) is 5.91 Å². The van der Waals surface area contributed by atoms with Crippen LogP contribution in [0.25, 0.3) is 0 Å². The number of nitrogens with zero attached hydrogens (tertiary/aromatic N) is 1. The lowest BCUT2D eigenvalue weighted by atomic mass is 10.2. The van der Waals surface area contributed by atoms with Crippen LogP contribution < -0.4 is 15.4 Å². The molecule has 2 N–H and O–H groups in total. The van der Waals surface area contributed by atoms with Gasteiger partial charge in [0, 0.05) is 19.3 Å². The molecule has 0 aliphatic rings. The average Bonchev–Trinajstić information content (AvgIpc) is 2.53. The van der Waals surface area contributed by atoms with Crippen molar-refractivity contribution in [3.05, 3.63) is 60.2 Å². The lowest BCUT2D eigenvalue weighted by molar-refractivity contribution is -0.120. The zero-order valence-corrected chi connectivity index (χ0v) is 11.5. The molecule has 20 heavy (non-hydrogen) atoms. The summed E-state index contributed by atoms with van der Waals surface area (Å²) in [5.74, 6) is 0.577. The van der Waals surface area contributed by atoms with Crippen LogP contribution in [0, 0.1) is 0 Å². The fourth-order valence-corrected chi connectivity index (χ4v) is 1.79. The van der Waals surface area contributed by atoms with Crippen LogP contribution in [0.2, 0.25) is 0 Å². The fraction of sp³-hybridized carbons (Fsp3) is 0.188. The Kier molecular flexibility index (Phi) is 4.74. The molecule has 4 heteroatoms. The topological polar surface area (TPSA) is 55.6 Å². The van der Waals surface area contributed by atoms with Gasteiger partial charge in [0.15, 0.2) is 6.61 Å². The molecule has 0 fully saturated rings. The first-order valence-electron chi connectivity index (χ1n) is 6.44. The van der Waals surface area contributed by atoms with Crippen molar-refractivity contribution in [1.29, 1.82) is 0 Å². The van der Waals surface area contributed by atoms with Crippen LogP contribution >= 0.6 is 0 Å². The summed E-state index contributed by atoms with van der Waals surface area (Å²) < 4.78 is 5.45. The van der Waals surface area contributed by atoms with E-state index in [2.05, 4.69) is 0 Å². The first-order valence-corrected chi connectivity index (χ1v) is 6.44. The Balaban J connectivity index is 1.98. The Labute approximate surface area is 118 Å². The summed E-state index contributed by atoms with van der Waals surface area (Å²) in [5.41, 5.74) is 7.41. The van der Waals surface area contributed by atoms with E-state index in [9.17, 15) is 4.79 Å². The molecule has 0 aliphatic heterocycles. The van der Waals surface area contributed by atoms with Gasteiger partial charge in [-0.15, -0.1) is 0 Å². The van der Waals surface area contributed by atoms with E-state index in [1.54, 1.807) is 11.9 Å². The van der Waals surface area contributed by atoms with Crippen molar-refractivity contribution in [3.8, 4) is 5.75 Å². The second-order valence-electron chi connectivity index (χ2n) is 4.43. The molecule has 1 amide bonds. The molecular weight excluding hydrogens is 252 g/mol. The zero-order chi connectivity index (χ0) is 14.4. The largest absolute Gasteiger partial charge is 0.484 e. The van der Waals surface area contributed by atoms with Crippen molar-refractivity contribution in [1.82, 2.24) is 0 Å². The molecule has 0 atom stereocenters. The van der Waals surface area contributed by atoms with Crippen LogP contribution in [0.15, 0.2) is 54.6 Å². The second-order valence-corrected chi connectivity index (χ2v) is 4.43. The van der Waals surface area contributed by atoms with Gasteiger partial charge in [-0.3, -0.25) is 4.79 Å². The van der Waals surface area contributed by atoms with Gasteiger partial charge in [0.2, 0.25) is 0 Å². The monoisotopic (exact) mass is 270 g/mol. The number of hydrogen-bond donors (Lipinski definition) is 1. The molecule has 0 radical (unpaired) electrons. The molecule has 104 valence electrons. The number of rotatable bonds is 5. The van der Waals surface area contributed by atoms with Gasteiger partial charge >= 0.3 is 0 Å². The molecular formula is C16H18N2O2. The van der Waals surface area contributed by atoms with Crippen molar-refractivity contribution in [3.63, 3.8) is 0 Å². The predicted octanol–water partition coefficient (Wildman–Crippen LogP) is 2.19. The number of likely N-dealkylation sites (N-methyl/N-ethyl adjacent to an activating group) is 1. The van der Waals surface area contributed by atoms with Crippen LogP contribution in [-0.4, -0.2) is 19.6 Å². The van der Waals surface area contributed by atoms with Gasteiger partial charge in [-0.05, 0) is 29.8 Å². The van der Waals surface area contributed by atoms with Gasteiger partial charge in [0.05, 0.1) is 0 Å². The number of ether oxygens (including phenoxy) is 1. The van der Waals surface area contributed by atoms with Gasteiger partial charge in [0.1, 0.15) is 5.75 Å². The third-order valence-electron chi connectivity index (χ3n) is 3.01. The first kappa shape index (κ1) is 14.1. The van der Waals surface area contributed by atoms with E-state index >= 15 is 0 Å². The number of para-hydroxylation sites is 1. The predicted molar refractivity (Wildman–Crippen MR) is 79.7 cm³/mol. The molecule has 0 heterocycles. The molecule has 2 aromatic rings. The minimum Gasteiger partial charge on any atom is -0.484 e. The van der Waals surface area contributed by atoms with Crippen molar-refractivity contribution in [2.45, 2.75) is 6.54 Å². The molecule has 4 nitrogen and oxygen atoms in total. The number of nitrogens with two attached hydrogens (primary N) is 1. The maximum absolute atomic E-state index is 12.1. The Morgan fingerprint density at radius 2 is 1.90 bits per heavy atom. The number of hydrogen-bond acceptors (Lipinski definition) is 3. The molecule has 0 aromatic heterocycles. The minimum absolute atomic E-state index is 0.00731. The van der Waals surface area contributed by atoms with E-state index in [1.165, 1.54) is 0 Å². The van der Waals surface area contributed by atoms with Crippen molar-refractivity contribution < 1.29 is 9.53 Å². The normalized spacial score (nSPS) is 10.1. The Hall–Kier alpha value is -2.33. The third kappa shape index (κ3) is 3.59. The molecule has 0 spiro atoms. The van der Waals surface area contributed by atoms with Gasteiger partial charge in [-0.2, -0.15) is 0 Å². The SMILES string of the molecule is CN(C(=O)COc1ccccc1)c1cccc(CN)c1. The summed E-state index contributed by atoms with van der Waals surface area (Å²) in [4.78, 5) is 13.7.